The lowest BCUT2D eigenvalue weighted by molar-refractivity contribution is -0.126. The molecule has 120 valence electrons. The van der Waals surface area contributed by atoms with E-state index >= 15 is 0 Å². The molecule has 0 radical (unpaired) electrons. The Labute approximate surface area is 131 Å². The normalized spacial score (nSPS) is 19.6. The number of piperidine rings is 1. The first kappa shape index (κ1) is 15.1. The number of hydrogen-bond acceptors (Lipinski definition) is 5. The van der Waals surface area contributed by atoms with E-state index in [1.54, 1.807) is 6.20 Å². The van der Waals surface area contributed by atoms with Crippen molar-refractivity contribution in [1.29, 1.82) is 0 Å². The molecule has 1 saturated carbocycles. The molecule has 1 aliphatic carbocycles. The second-order valence-electron chi connectivity index (χ2n) is 6.51. The van der Waals surface area contributed by atoms with Crippen LogP contribution in [0, 0.1) is 5.92 Å². The van der Waals surface area contributed by atoms with Gasteiger partial charge in [-0.05, 0) is 38.2 Å². The number of anilines is 2. The Morgan fingerprint density at radius 2 is 2.00 bits per heavy atom. The van der Waals surface area contributed by atoms with Crippen LogP contribution in [0.25, 0.3) is 0 Å². The SMILES string of the molecule is CN(C)c1ccnc(N2CCC(C(=O)NC3CCC3)CC2)n1. The van der Waals surface area contributed by atoms with Crippen molar-refractivity contribution in [1.82, 2.24) is 15.3 Å². The molecule has 1 aromatic heterocycles. The van der Waals surface area contributed by atoms with Crippen LogP contribution in [0.15, 0.2) is 12.3 Å². The molecule has 0 atom stereocenters. The highest BCUT2D eigenvalue weighted by Crippen LogP contribution is 2.24. The van der Waals surface area contributed by atoms with E-state index in [4.69, 9.17) is 0 Å². The highest BCUT2D eigenvalue weighted by atomic mass is 16.2. The fourth-order valence-electron chi connectivity index (χ4n) is 2.95. The first-order valence-corrected chi connectivity index (χ1v) is 8.19. The minimum absolute atomic E-state index is 0.147. The summed E-state index contributed by atoms with van der Waals surface area (Å²) in [5, 5.41) is 3.17. The molecule has 0 aromatic carbocycles. The third-order valence-corrected chi connectivity index (χ3v) is 4.69. The summed E-state index contributed by atoms with van der Waals surface area (Å²) in [6, 6.07) is 2.34. The van der Waals surface area contributed by atoms with Crippen LogP contribution in [0.3, 0.4) is 0 Å². The lowest BCUT2D eigenvalue weighted by Gasteiger charge is -2.34. The summed E-state index contributed by atoms with van der Waals surface area (Å²) in [6.07, 6.45) is 7.11. The molecular formula is C16H25N5O. The zero-order valence-corrected chi connectivity index (χ0v) is 13.5. The average molecular weight is 303 g/mol. The van der Waals surface area contributed by atoms with Crippen molar-refractivity contribution >= 4 is 17.7 Å². The van der Waals surface area contributed by atoms with Gasteiger partial charge in [-0.3, -0.25) is 4.79 Å². The summed E-state index contributed by atoms with van der Waals surface area (Å²) in [6.45, 7) is 1.69. The van der Waals surface area contributed by atoms with Gasteiger partial charge in [0.25, 0.3) is 0 Å². The molecule has 1 aliphatic heterocycles. The predicted molar refractivity (Wildman–Crippen MR) is 87.1 cm³/mol. The van der Waals surface area contributed by atoms with Gasteiger partial charge in [0, 0.05) is 45.3 Å². The molecule has 1 aromatic rings. The van der Waals surface area contributed by atoms with Gasteiger partial charge in [0.15, 0.2) is 0 Å². The van der Waals surface area contributed by atoms with Gasteiger partial charge in [-0.25, -0.2) is 4.98 Å². The maximum absolute atomic E-state index is 12.2. The Bertz CT molecular complexity index is 521. The fraction of sp³-hybridized carbons (Fsp3) is 0.688. The molecule has 0 bridgehead atoms. The van der Waals surface area contributed by atoms with Crippen molar-refractivity contribution < 1.29 is 4.79 Å². The highest BCUT2D eigenvalue weighted by molar-refractivity contribution is 5.79. The topological polar surface area (TPSA) is 61.4 Å². The molecule has 1 saturated heterocycles. The molecular weight excluding hydrogens is 278 g/mol. The molecule has 2 aliphatic rings. The largest absolute Gasteiger partial charge is 0.363 e. The van der Waals surface area contributed by atoms with E-state index in [9.17, 15) is 4.79 Å². The van der Waals surface area contributed by atoms with E-state index in [1.165, 1.54) is 6.42 Å². The Kier molecular flexibility index (Phi) is 4.45. The van der Waals surface area contributed by atoms with Crippen molar-refractivity contribution in [3.05, 3.63) is 12.3 Å². The third kappa shape index (κ3) is 3.31. The van der Waals surface area contributed by atoms with Crippen LogP contribution in [0.5, 0.6) is 0 Å². The van der Waals surface area contributed by atoms with Crippen LogP contribution in [-0.2, 0) is 4.79 Å². The van der Waals surface area contributed by atoms with Gasteiger partial charge in [-0.1, -0.05) is 0 Å². The number of nitrogens with zero attached hydrogens (tertiary/aromatic N) is 4. The van der Waals surface area contributed by atoms with Crippen LogP contribution < -0.4 is 15.1 Å². The van der Waals surface area contributed by atoms with Gasteiger partial charge < -0.3 is 15.1 Å². The minimum atomic E-state index is 0.147. The van der Waals surface area contributed by atoms with Gasteiger partial charge in [-0.2, -0.15) is 4.98 Å². The summed E-state index contributed by atoms with van der Waals surface area (Å²) < 4.78 is 0. The molecule has 3 rings (SSSR count). The van der Waals surface area contributed by atoms with Crippen molar-refractivity contribution in [2.24, 2.45) is 5.92 Å². The molecule has 0 spiro atoms. The van der Waals surface area contributed by atoms with E-state index < -0.39 is 0 Å². The van der Waals surface area contributed by atoms with Crippen LogP contribution in [-0.4, -0.2) is 49.1 Å². The zero-order chi connectivity index (χ0) is 15.5. The summed E-state index contributed by atoms with van der Waals surface area (Å²) in [4.78, 5) is 25.3. The van der Waals surface area contributed by atoms with E-state index in [2.05, 4.69) is 20.2 Å². The molecule has 0 unspecified atom stereocenters. The molecule has 1 amide bonds. The summed E-state index contributed by atoms with van der Waals surface area (Å²) in [7, 11) is 3.95. The summed E-state index contributed by atoms with van der Waals surface area (Å²) >= 11 is 0. The number of carbonyl (C=O) groups excluding carboxylic acids is 1. The number of aromatic nitrogens is 2. The Morgan fingerprint density at radius 3 is 2.59 bits per heavy atom. The lowest BCUT2D eigenvalue weighted by atomic mass is 9.90. The Balaban J connectivity index is 1.54. The van der Waals surface area contributed by atoms with Gasteiger partial charge in [0.1, 0.15) is 5.82 Å². The highest BCUT2D eigenvalue weighted by Gasteiger charge is 2.28. The first-order valence-electron chi connectivity index (χ1n) is 8.19. The maximum Gasteiger partial charge on any atom is 0.227 e. The number of hydrogen-bond donors (Lipinski definition) is 1. The summed E-state index contributed by atoms with van der Waals surface area (Å²) in [5.74, 6) is 2.07. The van der Waals surface area contributed by atoms with Crippen molar-refractivity contribution in [3.8, 4) is 0 Å². The van der Waals surface area contributed by atoms with E-state index in [1.807, 2.05) is 25.1 Å². The molecule has 22 heavy (non-hydrogen) atoms. The van der Waals surface area contributed by atoms with Crippen LogP contribution in [0.1, 0.15) is 32.1 Å². The molecule has 6 nitrogen and oxygen atoms in total. The average Bonchev–Trinajstić information content (AvgIpc) is 2.51. The van der Waals surface area contributed by atoms with Crippen LogP contribution in [0.4, 0.5) is 11.8 Å². The number of nitrogens with one attached hydrogen (secondary N) is 1. The minimum Gasteiger partial charge on any atom is -0.363 e. The van der Waals surface area contributed by atoms with Gasteiger partial charge in [-0.15, -0.1) is 0 Å². The van der Waals surface area contributed by atoms with E-state index in [-0.39, 0.29) is 11.8 Å². The van der Waals surface area contributed by atoms with E-state index in [0.29, 0.717) is 6.04 Å². The van der Waals surface area contributed by atoms with Gasteiger partial charge in [0.05, 0.1) is 0 Å². The fourth-order valence-corrected chi connectivity index (χ4v) is 2.95. The predicted octanol–water partition coefficient (Wildman–Crippen LogP) is 1.43. The standard InChI is InChI=1S/C16H25N5O/c1-20(2)14-6-9-17-16(19-14)21-10-7-12(8-11-21)15(22)18-13-4-3-5-13/h6,9,12-13H,3-5,7-8,10-11H2,1-2H3,(H,18,22). The van der Waals surface area contributed by atoms with Crippen molar-refractivity contribution in [2.45, 2.75) is 38.1 Å². The Hall–Kier alpha value is -1.85. The number of carbonyl (C=O) groups is 1. The monoisotopic (exact) mass is 303 g/mol. The molecule has 2 fully saturated rings. The molecule has 1 N–H and O–H groups in total. The quantitative estimate of drug-likeness (QED) is 0.912. The van der Waals surface area contributed by atoms with Crippen LogP contribution in [0.2, 0.25) is 0 Å². The van der Waals surface area contributed by atoms with Crippen LogP contribution >= 0.6 is 0 Å². The lowest BCUT2D eigenvalue weighted by Crippen LogP contribution is -2.46. The Morgan fingerprint density at radius 1 is 1.27 bits per heavy atom. The zero-order valence-electron chi connectivity index (χ0n) is 13.5. The van der Waals surface area contributed by atoms with Gasteiger partial charge >= 0.3 is 0 Å². The number of rotatable bonds is 4. The first-order chi connectivity index (χ1) is 10.6. The number of amides is 1. The van der Waals surface area contributed by atoms with E-state index in [0.717, 1.165) is 50.5 Å². The molecule has 6 heteroatoms. The second-order valence-corrected chi connectivity index (χ2v) is 6.51. The van der Waals surface area contributed by atoms with Crippen molar-refractivity contribution in [3.63, 3.8) is 0 Å². The maximum atomic E-state index is 12.2. The summed E-state index contributed by atoms with van der Waals surface area (Å²) in [5.41, 5.74) is 0. The van der Waals surface area contributed by atoms with Crippen molar-refractivity contribution in [2.75, 3.05) is 37.0 Å². The third-order valence-electron chi connectivity index (χ3n) is 4.69. The molecule has 2 heterocycles. The smallest absolute Gasteiger partial charge is 0.227 e. The van der Waals surface area contributed by atoms with Gasteiger partial charge in [0.2, 0.25) is 11.9 Å². The second kappa shape index (κ2) is 6.50.